The van der Waals surface area contributed by atoms with Gasteiger partial charge >= 0.3 is 0 Å². The summed E-state index contributed by atoms with van der Waals surface area (Å²) >= 11 is 1.57. The molecular weight excluding hydrogens is 294 g/mol. The molecule has 2 rings (SSSR count). The fourth-order valence-corrected chi connectivity index (χ4v) is 3.60. The second kappa shape index (κ2) is 7.73. The Morgan fingerprint density at radius 2 is 2.05 bits per heavy atom. The number of carbonyl (C=O) groups is 1. The number of rotatable bonds is 5. The maximum Gasteiger partial charge on any atom is 0.265 e. The smallest absolute Gasteiger partial charge is 0.265 e. The van der Waals surface area contributed by atoms with Crippen molar-refractivity contribution < 1.29 is 9.53 Å². The molecule has 1 aliphatic heterocycles. The summed E-state index contributed by atoms with van der Waals surface area (Å²) in [5, 5.41) is 3.07. The van der Waals surface area contributed by atoms with Crippen LogP contribution in [0.4, 0.5) is 5.69 Å². The minimum absolute atomic E-state index is 0.0635. The van der Waals surface area contributed by atoms with Gasteiger partial charge in [0.1, 0.15) is 10.7 Å². The third-order valence-corrected chi connectivity index (χ3v) is 4.87. The van der Waals surface area contributed by atoms with Gasteiger partial charge in [0.2, 0.25) is 0 Å². The van der Waals surface area contributed by atoms with E-state index in [0.717, 1.165) is 23.6 Å². The molecule has 0 fully saturated rings. The Morgan fingerprint density at radius 1 is 1.32 bits per heavy atom. The maximum absolute atomic E-state index is 12.5. The van der Waals surface area contributed by atoms with E-state index in [-0.39, 0.29) is 5.91 Å². The SMILES string of the molecule is CC1=C(C(=O)Nc2ccccc2C(C)CC(C)C)SCCO1. The van der Waals surface area contributed by atoms with E-state index in [4.69, 9.17) is 4.74 Å². The van der Waals surface area contributed by atoms with Crippen molar-refractivity contribution in [2.24, 2.45) is 5.92 Å². The van der Waals surface area contributed by atoms with Crippen molar-refractivity contribution in [3.63, 3.8) is 0 Å². The fraction of sp³-hybridized carbons (Fsp3) is 0.500. The lowest BCUT2D eigenvalue weighted by atomic mass is 9.91. The molecule has 120 valence electrons. The highest BCUT2D eigenvalue weighted by Gasteiger charge is 2.20. The molecule has 0 spiro atoms. The molecule has 0 aromatic heterocycles. The van der Waals surface area contributed by atoms with Gasteiger partial charge in [-0.15, -0.1) is 11.8 Å². The van der Waals surface area contributed by atoms with Crippen LogP contribution in [0, 0.1) is 5.92 Å². The number of thioether (sulfide) groups is 1. The lowest BCUT2D eigenvalue weighted by Crippen LogP contribution is -2.19. The van der Waals surface area contributed by atoms with Gasteiger partial charge in [-0.25, -0.2) is 0 Å². The van der Waals surface area contributed by atoms with E-state index in [1.807, 2.05) is 25.1 Å². The van der Waals surface area contributed by atoms with Crippen molar-refractivity contribution in [1.29, 1.82) is 0 Å². The molecule has 3 nitrogen and oxygen atoms in total. The number of hydrogen-bond acceptors (Lipinski definition) is 3. The topological polar surface area (TPSA) is 38.3 Å². The number of nitrogens with one attached hydrogen (secondary N) is 1. The highest BCUT2D eigenvalue weighted by molar-refractivity contribution is 8.04. The molecule has 0 bridgehead atoms. The standard InChI is InChI=1S/C18H25NO2S/c1-12(2)11-13(3)15-7-5-6-8-16(15)19-18(20)17-14(4)21-9-10-22-17/h5-8,12-13H,9-11H2,1-4H3,(H,19,20). The van der Waals surface area contributed by atoms with Gasteiger partial charge in [0.15, 0.2) is 0 Å². The van der Waals surface area contributed by atoms with Crippen molar-refractivity contribution in [2.45, 2.75) is 40.0 Å². The molecule has 1 heterocycles. The number of hydrogen-bond donors (Lipinski definition) is 1. The summed E-state index contributed by atoms with van der Waals surface area (Å²) in [6.07, 6.45) is 1.10. The van der Waals surface area contributed by atoms with E-state index >= 15 is 0 Å². The van der Waals surface area contributed by atoms with Gasteiger partial charge in [0, 0.05) is 11.4 Å². The van der Waals surface area contributed by atoms with Crippen LogP contribution in [-0.4, -0.2) is 18.3 Å². The van der Waals surface area contributed by atoms with Crippen LogP contribution in [0.1, 0.15) is 45.6 Å². The third-order valence-electron chi connectivity index (χ3n) is 3.74. The Hall–Kier alpha value is -1.42. The van der Waals surface area contributed by atoms with Crippen molar-refractivity contribution in [2.75, 3.05) is 17.7 Å². The predicted octanol–water partition coefficient (Wildman–Crippen LogP) is 4.77. The van der Waals surface area contributed by atoms with Crippen molar-refractivity contribution >= 4 is 23.4 Å². The lowest BCUT2D eigenvalue weighted by molar-refractivity contribution is -0.112. The Bertz CT molecular complexity index is 566. The average Bonchev–Trinajstić information content (AvgIpc) is 2.47. The van der Waals surface area contributed by atoms with Crippen LogP contribution in [0.15, 0.2) is 34.9 Å². The quantitative estimate of drug-likeness (QED) is 0.849. The van der Waals surface area contributed by atoms with Crippen LogP contribution in [0.3, 0.4) is 0 Å². The minimum atomic E-state index is -0.0635. The second-order valence-electron chi connectivity index (χ2n) is 6.15. The summed E-state index contributed by atoms with van der Waals surface area (Å²) in [5.41, 5.74) is 2.11. The molecule has 1 aromatic rings. The first-order valence-corrected chi connectivity index (χ1v) is 8.84. The Morgan fingerprint density at radius 3 is 2.73 bits per heavy atom. The van der Waals surface area contributed by atoms with E-state index in [1.165, 1.54) is 5.56 Å². The molecule has 0 saturated carbocycles. The zero-order valence-electron chi connectivity index (χ0n) is 13.8. The molecule has 22 heavy (non-hydrogen) atoms. The van der Waals surface area contributed by atoms with Gasteiger partial charge in [-0.3, -0.25) is 4.79 Å². The Labute approximate surface area is 137 Å². The van der Waals surface area contributed by atoms with Crippen molar-refractivity contribution in [3.8, 4) is 0 Å². The number of anilines is 1. The van der Waals surface area contributed by atoms with Gasteiger partial charge in [-0.1, -0.05) is 39.0 Å². The molecule has 1 N–H and O–H groups in total. The molecule has 0 saturated heterocycles. The number of amides is 1. The molecule has 0 radical (unpaired) electrons. The highest BCUT2D eigenvalue weighted by Crippen LogP contribution is 2.31. The van der Waals surface area contributed by atoms with Crippen LogP contribution in [0.5, 0.6) is 0 Å². The minimum Gasteiger partial charge on any atom is -0.496 e. The van der Waals surface area contributed by atoms with Gasteiger partial charge in [0.05, 0.1) is 6.61 Å². The molecule has 4 heteroatoms. The summed E-state index contributed by atoms with van der Waals surface area (Å²) in [4.78, 5) is 13.2. The summed E-state index contributed by atoms with van der Waals surface area (Å²) in [6, 6.07) is 8.08. The largest absolute Gasteiger partial charge is 0.496 e. The number of ether oxygens (including phenoxy) is 1. The molecule has 1 aliphatic rings. The number of carbonyl (C=O) groups excluding carboxylic acids is 1. The number of para-hydroxylation sites is 1. The zero-order chi connectivity index (χ0) is 16.1. The number of benzene rings is 1. The second-order valence-corrected chi connectivity index (χ2v) is 7.26. The van der Waals surface area contributed by atoms with Gasteiger partial charge in [0.25, 0.3) is 5.91 Å². The molecule has 1 unspecified atom stereocenters. The summed E-state index contributed by atoms with van der Waals surface area (Å²) in [7, 11) is 0. The first-order chi connectivity index (χ1) is 10.5. The fourth-order valence-electron chi connectivity index (χ4n) is 2.78. The van der Waals surface area contributed by atoms with E-state index in [9.17, 15) is 4.79 Å². The van der Waals surface area contributed by atoms with Crippen LogP contribution in [-0.2, 0) is 9.53 Å². The van der Waals surface area contributed by atoms with Crippen LogP contribution in [0.25, 0.3) is 0 Å². The van der Waals surface area contributed by atoms with E-state index in [2.05, 4.69) is 32.2 Å². The van der Waals surface area contributed by atoms with Crippen molar-refractivity contribution in [3.05, 3.63) is 40.5 Å². The van der Waals surface area contributed by atoms with Gasteiger partial charge in [-0.05, 0) is 36.8 Å². The van der Waals surface area contributed by atoms with E-state index in [0.29, 0.717) is 23.3 Å². The lowest BCUT2D eigenvalue weighted by Gasteiger charge is -2.21. The molecule has 1 atom stereocenters. The first kappa shape index (κ1) is 16.9. The number of allylic oxidation sites excluding steroid dienone is 1. The normalized spacial score (nSPS) is 16.4. The molecule has 0 aliphatic carbocycles. The third kappa shape index (κ3) is 4.29. The predicted molar refractivity (Wildman–Crippen MR) is 94.1 cm³/mol. The van der Waals surface area contributed by atoms with Gasteiger partial charge < -0.3 is 10.1 Å². The first-order valence-electron chi connectivity index (χ1n) is 7.85. The maximum atomic E-state index is 12.5. The molecular formula is C18H25NO2S. The monoisotopic (exact) mass is 319 g/mol. The van der Waals surface area contributed by atoms with Crippen LogP contribution < -0.4 is 5.32 Å². The summed E-state index contributed by atoms with van der Waals surface area (Å²) in [6.45, 7) is 9.20. The average molecular weight is 319 g/mol. The molecule has 1 aromatic carbocycles. The van der Waals surface area contributed by atoms with Gasteiger partial charge in [-0.2, -0.15) is 0 Å². The highest BCUT2D eigenvalue weighted by atomic mass is 32.2. The Balaban J connectivity index is 2.17. The Kier molecular flexibility index (Phi) is 5.95. The summed E-state index contributed by atoms with van der Waals surface area (Å²) in [5.74, 6) is 2.53. The summed E-state index contributed by atoms with van der Waals surface area (Å²) < 4.78 is 5.48. The molecule has 1 amide bonds. The van der Waals surface area contributed by atoms with E-state index < -0.39 is 0 Å². The van der Waals surface area contributed by atoms with Crippen LogP contribution in [0.2, 0.25) is 0 Å². The van der Waals surface area contributed by atoms with Crippen molar-refractivity contribution in [1.82, 2.24) is 0 Å². The van der Waals surface area contributed by atoms with Crippen LogP contribution >= 0.6 is 11.8 Å². The zero-order valence-corrected chi connectivity index (χ0v) is 14.6. The van der Waals surface area contributed by atoms with E-state index in [1.54, 1.807) is 11.8 Å².